The van der Waals surface area contributed by atoms with E-state index in [2.05, 4.69) is 15.0 Å². The largest absolute Gasteiger partial charge is 0.352 e. The van der Waals surface area contributed by atoms with Gasteiger partial charge in [0.25, 0.3) is 10.0 Å². The number of aryl methyl sites for hydroxylation is 1. The second-order valence-electron chi connectivity index (χ2n) is 5.01. The van der Waals surface area contributed by atoms with Crippen molar-refractivity contribution in [3.63, 3.8) is 0 Å². The fourth-order valence-electron chi connectivity index (χ4n) is 1.99. The standard InChI is InChI=1S/C16H14FN3O2S2/c1-11-6-9-16(23-11)24(21,22)20-15-8-7-12(10-18-15)19-14-5-3-2-4-13(14)17/h2-10,19H,1H3,(H,18,20). The van der Waals surface area contributed by atoms with Crippen molar-refractivity contribution >= 4 is 38.6 Å². The predicted octanol–water partition coefficient (Wildman–Crippen LogP) is 4.14. The van der Waals surface area contributed by atoms with Gasteiger partial charge in [-0.25, -0.2) is 17.8 Å². The lowest BCUT2D eigenvalue weighted by molar-refractivity contribution is 0.603. The summed E-state index contributed by atoms with van der Waals surface area (Å²) >= 11 is 1.19. The van der Waals surface area contributed by atoms with E-state index in [1.54, 1.807) is 36.4 Å². The van der Waals surface area contributed by atoms with Crippen molar-refractivity contribution in [1.82, 2.24) is 4.98 Å². The second-order valence-corrected chi connectivity index (χ2v) is 8.20. The summed E-state index contributed by atoms with van der Waals surface area (Å²) in [6.07, 6.45) is 1.43. The Labute approximate surface area is 143 Å². The van der Waals surface area contributed by atoms with Crippen LogP contribution in [-0.2, 0) is 10.0 Å². The van der Waals surface area contributed by atoms with Crippen LogP contribution in [0.4, 0.5) is 21.6 Å². The van der Waals surface area contributed by atoms with Gasteiger partial charge in [-0.15, -0.1) is 11.3 Å². The van der Waals surface area contributed by atoms with E-state index in [0.717, 1.165) is 4.88 Å². The lowest BCUT2D eigenvalue weighted by atomic mass is 10.3. The number of para-hydroxylation sites is 1. The number of halogens is 1. The van der Waals surface area contributed by atoms with Crippen LogP contribution < -0.4 is 10.0 Å². The first-order valence-corrected chi connectivity index (χ1v) is 9.31. The van der Waals surface area contributed by atoms with Gasteiger partial charge in [-0.3, -0.25) is 4.72 Å². The van der Waals surface area contributed by atoms with Crippen molar-refractivity contribution in [2.75, 3.05) is 10.0 Å². The monoisotopic (exact) mass is 363 g/mol. The number of anilines is 3. The number of pyridine rings is 1. The molecule has 0 bridgehead atoms. The normalized spacial score (nSPS) is 11.2. The first kappa shape index (κ1) is 16.4. The number of rotatable bonds is 5. The summed E-state index contributed by atoms with van der Waals surface area (Å²) in [5.74, 6) is -0.185. The lowest BCUT2D eigenvalue weighted by Crippen LogP contribution is -2.12. The number of hydrogen-bond acceptors (Lipinski definition) is 5. The summed E-state index contributed by atoms with van der Waals surface area (Å²) in [7, 11) is -3.65. The Morgan fingerprint density at radius 3 is 2.50 bits per heavy atom. The van der Waals surface area contributed by atoms with Crippen molar-refractivity contribution in [3.8, 4) is 0 Å². The molecule has 24 heavy (non-hydrogen) atoms. The average molecular weight is 363 g/mol. The molecule has 3 rings (SSSR count). The molecule has 0 spiro atoms. The van der Waals surface area contributed by atoms with E-state index in [9.17, 15) is 12.8 Å². The van der Waals surface area contributed by atoms with Gasteiger partial charge in [-0.2, -0.15) is 0 Å². The highest BCUT2D eigenvalue weighted by molar-refractivity contribution is 7.94. The van der Waals surface area contributed by atoms with Crippen LogP contribution in [0.2, 0.25) is 0 Å². The number of sulfonamides is 1. The zero-order chi connectivity index (χ0) is 17.2. The highest BCUT2D eigenvalue weighted by Crippen LogP contribution is 2.24. The van der Waals surface area contributed by atoms with Gasteiger partial charge in [0, 0.05) is 4.88 Å². The Kier molecular flexibility index (Phi) is 4.50. The van der Waals surface area contributed by atoms with Gasteiger partial charge in [-0.05, 0) is 43.3 Å². The van der Waals surface area contributed by atoms with Crippen LogP contribution in [0.1, 0.15) is 4.88 Å². The Bertz CT molecular complexity index is 953. The van der Waals surface area contributed by atoms with E-state index in [4.69, 9.17) is 0 Å². The first-order valence-electron chi connectivity index (χ1n) is 7.01. The van der Waals surface area contributed by atoms with Gasteiger partial charge < -0.3 is 5.32 Å². The molecule has 0 aliphatic heterocycles. The molecule has 2 aromatic heterocycles. The van der Waals surface area contributed by atoms with Gasteiger partial charge in [0.2, 0.25) is 0 Å². The van der Waals surface area contributed by atoms with E-state index in [0.29, 0.717) is 11.4 Å². The fourth-order valence-corrected chi connectivity index (χ4v) is 4.28. The van der Waals surface area contributed by atoms with Gasteiger partial charge in [0.15, 0.2) is 0 Å². The van der Waals surface area contributed by atoms with Crippen molar-refractivity contribution < 1.29 is 12.8 Å². The highest BCUT2D eigenvalue weighted by atomic mass is 32.2. The molecule has 0 unspecified atom stereocenters. The van der Waals surface area contributed by atoms with E-state index in [1.165, 1.54) is 29.7 Å². The molecule has 2 N–H and O–H groups in total. The number of hydrogen-bond donors (Lipinski definition) is 2. The zero-order valence-corrected chi connectivity index (χ0v) is 14.3. The number of thiophene rings is 1. The van der Waals surface area contributed by atoms with Crippen molar-refractivity contribution in [3.05, 3.63) is 65.4 Å². The highest BCUT2D eigenvalue weighted by Gasteiger charge is 2.16. The maximum Gasteiger partial charge on any atom is 0.272 e. The Morgan fingerprint density at radius 1 is 1.08 bits per heavy atom. The number of nitrogens with zero attached hydrogens (tertiary/aromatic N) is 1. The molecular formula is C16H14FN3O2S2. The third kappa shape index (κ3) is 3.72. The molecule has 3 aromatic rings. The average Bonchev–Trinajstić information content (AvgIpc) is 2.99. The SMILES string of the molecule is Cc1ccc(S(=O)(=O)Nc2ccc(Nc3ccccc3F)cn2)s1. The molecule has 0 radical (unpaired) electrons. The van der Waals surface area contributed by atoms with Crippen molar-refractivity contribution in [2.24, 2.45) is 0 Å². The Hall–Kier alpha value is -2.45. The quantitative estimate of drug-likeness (QED) is 0.715. The summed E-state index contributed by atoms with van der Waals surface area (Å²) in [5.41, 5.74) is 0.872. The van der Waals surface area contributed by atoms with Crippen LogP contribution in [0.15, 0.2) is 58.9 Å². The minimum absolute atomic E-state index is 0.195. The second kappa shape index (κ2) is 6.58. The molecule has 8 heteroatoms. The fraction of sp³-hybridized carbons (Fsp3) is 0.0625. The van der Waals surface area contributed by atoms with Crippen LogP contribution in [0, 0.1) is 12.7 Å². The molecule has 124 valence electrons. The molecular weight excluding hydrogens is 349 g/mol. The van der Waals surface area contributed by atoms with Gasteiger partial charge >= 0.3 is 0 Å². The van der Waals surface area contributed by atoms with Crippen LogP contribution in [0.3, 0.4) is 0 Å². The van der Waals surface area contributed by atoms with Crippen LogP contribution in [0.5, 0.6) is 0 Å². The van der Waals surface area contributed by atoms with E-state index in [1.807, 2.05) is 6.92 Å². The van der Waals surface area contributed by atoms with Crippen molar-refractivity contribution in [2.45, 2.75) is 11.1 Å². The van der Waals surface area contributed by atoms with Crippen molar-refractivity contribution in [1.29, 1.82) is 0 Å². The summed E-state index contributed by atoms with van der Waals surface area (Å²) in [6.45, 7) is 1.84. The van der Waals surface area contributed by atoms with E-state index < -0.39 is 10.0 Å². The van der Waals surface area contributed by atoms with Gasteiger partial charge in [-0.1, -0.05) is 12.1 Å². The summed E-state index contributed by atoms with van der Waals surface area (Å²) in [6, 6.07) is 12.7. The predicted molar refractivity (Wildman–Crippen MR) is 93.8 cm³/mol. The maximum atomic E-state index is 13.6. The van der Waals surface area contributed by atoms with Crippen LogP contribution in [-0.4, -0.2) is 13.4 Å². The molecule has 5 nitrogen and oxygen atoms in total. The molecule has 0 aliphatic rings. The molecule has 0 aliphatic carbocycles. The first-order chi connectivity index (χ1) is 11.4. The van der Waals surface area contributed by atoms with E-state index in [-0.39, 0.29) is 15.8 Å². The van der Waals surface area contributed by atoms with Gasteiger partial charge in [0.05, 0.1) is 17.6 Å². The summed E-state index contributed by atoms with van der Waals surface area (Å²) < 4.78 is 40.7. The minimum atomic E-state index is -3.65. The lowest BCUT2D eigenvalue weighted by Gasteiger charge is -2.09. The Balaban J connectivity index is 1.74. The molecule has 2 heterocycles. The topological polar surface area (TPSA) is 71.1 Å². The van der Waals surface area contributed by atoms with Gasteiger partial charge in [0.1, 0.15) is 15.8 Å². The zero-order valence-electron chi connectivity index (χ0n) is 12.7. The number of aromatic nitrogens is 1. The minimum Gasteiger partial charge on any atom is -0.352 e. The third-order valence-electron chi connectivity index (χ3n) is 3.14. The van der Waals surface area contributed by atoms with E-state index >= 15 is 0 Å². The molecule has 0 saturated heterocycles. The van der Waals surface area contributed by atoms with Crippen LogP contribution >= 0.6 is 11.3 Å². The number of benzene rings is 1. The molecule has 0 atom stereocenters. The van der Waals surface area contributed by atoms with Crippen LogP contribution in [0.25, 0.3) is 0 Å². The molecule has 1 aromatic carbocycles. The molecule has 0 fully saturated rings. The summed E-state index contributed by atoms with van der Waals surface area (Å²) in [5, 5.41) is 2.88. The summed E-state index contributed by atoms with van der Waals surface area (Å²) in [4.78, 5) is 4.96. The number of nitrogens with one attached hydrogen (secondary N) is 2. The molecule has 0 amide bonds. The molecule has 0 saturated carbocycles. The maximum absolute atomic E-state index is 13.6. The third-order valence-corrected chi connectivity index (χ3v) is 5.98. The smallest absolute Gasteiger partial charge is 0.272 e. The Morgan fingerprint density at radius 2 is 1.88 bits per heavy atom.